The molecule has 0 spiro atoms. The minimum absolute atomic E-state index is 0.0517. The highest BCUT2D eigenvalue weighted by atomic mass is 19.2. The molecule has 1 N–H and O–H groups in total. The van der Waals surface area contributed by atoms with Crippen LogP contribution in [-0.2, 0) is 6.54 Å². The van der Waals surface area contributed by atoms with Crippen LogP contribution < -0.4 is 5.32 Å². The zero-order chi connectivity index (χ0) is 14.0. The van der Waals surface area contributed by atoms with Gasteiger partial charge in [0.15, 0.2) is 29.1 Å². The van der Waals surface area contributed by atoms with Gasteiger partial charge < -0.3 is 5.32 Å². The molecular formula is C13H8F5N. The van der Waals surface area contributed by atoms with Crippen LogP contribution in [0.4, 0.5) is 27.6 Å². The van der Waals surface area contributed by atoms with Crippen LogP contribution in [-0.4, -0.2) is 0 Å². The average molecular weight is 273 g/mol. The lowest BCUT2D eigenvalue weighted by atomic mass is 10.2. The molecule has 2 rings (SSSR count). The molecule has 0 saturated heterocycles. The van der Waals surface area contributed by atoms with Crippen LogP contribution in [0, 0.1) is 29.1 Å². The van der Waals surface area contributed by atoms with E-state index in [9.17, 15) is 22.0 Å². The lowest BCUT2D eigenvalue weighted by Crippen LogP contribution is -2.06. The molecule has 0 unspecified atom stereocenters. The molecule has 1 nitrogen and oxygen atoms in total. The van der Waals surface area contributed by atoms with Crippen LogP contribution in [0.3, 0.4) is 0 Å². The number of hydrogen-bond acceptors (Lipinski definition) is 1. The maximum atomic E-state index is 13.3. The van der Waals surface area contributed by atoms with Crippen molar-refractivity contribution >= 4 is 5.69 Å². The van der Waals surface area contributed by atoms with Crippen molar-refractivity contribution in [2.75, 3.05) is 5.32 Å². The molecule has 100 valence electrons. The summed E-state index contributed by atoms with van der Waals surface area (Å²) >= 11 is 0. The normalized spacial score (nSPS) is 10.6. The largest absolute Gasteiger partial charge is 0.378 e. The fourth-order valence-electron chi connectivity index (χ4n) is 1.54. The van der Waals surface area contributed by atoms with E-state index in [0.717, 1.165) is 18.2 Å². The molecule has 0 aliphatic rings. The number of rotatable bonds is 3. The quantitative estimate of drug-likeness (QED) is 0.658. The van der Waals surface area contributed by atoms with E-state index in [2.05, 4.69) is 5.32 Å². The molecule has 0 radical (unpaired) electrons. The predicted molar refractivity (Wildman–Crippen MR) is 60.0 cm³/mol. The maximum absolute atomic E-state index is 13.3. The highest BCUT2D eigenvalue weighted by Crippen LogP contribution is 2.21. The summed E-state index contributed by atoms with van der Waals surface area (Å²) in [6.07, 6.45) is 0. The van der Waals surface area contributed by atoms with Gasteiger partial charge in [-0.1, -0.05) is 12.1 Å². The van der Waals surface area contributed by atoms with Gasteiger partial charge >= 0.3 is 0 Å². The Morgan fingerprint density at radius 2 is 1.42 bits per heavy atom. The van der Waals surface area contributed by atoms with Crippen molar-refractivity contribution in [2.24, 2.45) is 0 Å². The number of anilines is 1. The zero-order valence-corrected chi connectivity index (χ0v) is 9.48. The third-order valence-corrected chi connectivity index (χ3v) is 2.54. The molecule has 2 aromatic rings. The topological polar surface area (TPSA) is 12.0 Å². The molecular weight excluding hydrogens is 265 g/mol. The van der Waals surface area contributed by atoms with E-state index in [-0.39, 0.29) is 17.8 Å². The summed E-state index contributed by atoms with van der Waals surface area (Å²) in [5.41, 5.74) is -0.383. The summed E-state index contributed by atoms with van der Waals surface area (Å²) in [4.78, 5) is 0. The van der Waals surface area contributed by atoms with Crippen LogP contribution in [0.5, 0.6) is 0 Å². The molecule has 2 aromatic carbocycles. The average Bonchev–Trinajstić information content (AvgIpc) is 2.40. The van der Waals surface area contributed by atoms with Crippen LogP contribution in [0.15, 0.2) is 30.3 Å². The van der Waals surface area contributed by atoms with Gasteiger partial charge in [-0.3, -0.25) is 0 Å². The first kappa shape index (κ1) is 13.3. The molecule has 0 aliphatic carbocycles. The fourth-order valence-corrected chi connectivity index (χ4v) is 1.54. The van der Waals surface area contributed by atoms with Gasteiger partial charge in [-0.15, -0.1) is 0 Å². The first-order valence-corrected chi connectivity index (χ1v) is 5.31. The Morgan fingerprint density at radius 1 is 0.737 bits per heavy atom. The summed E-state index contributed by atoms with van der Waals surface area (Å²) in [5, 5.41) is 2.38. The maximum Gasteiger partial charge on any atom is 0.196 e. The van der Waals surface area contributed by atoms with Gasteiger partial charge in [-0.25, -0.2) is 22.0 Å². The molecule has 0 amide bonds. The second-order valence-corrected chi connectivity index (χ2v) is 3.79. The van der Waals surface area contributed by atoms with E-state index in [1.54, 1.807) is 0 Å². The molecule has 0 aliphatic heterocycles. The van der Waals surface area contributed by atoms with Crippen molar-refractivity contribution in [3.8, 4) is 0 Å². The molecule has 0 atom stereocenters. The van der Waals surface area contributed by atoms with Gasteiger partial charge in [-0.2, -0.15) is 0 Å². The first-order chi connectivity index (χ1) is 9.00. The molecule has 6 heteroatoms. The summed E-state index contributed by atoms with van der Waals surface area (Å²) in [6.45, 7) is -0.258. The van der Waals surface area contributed by atoms with Crippen LogP contribution in [0.2, 0.25) is 0 Å². The molecule has 0 heterocycles. The highest BCUT2D eigenvalue weighted by molar-refractivity contribution is 5.46. The molecule has 19 heavy (non-hydrogen) atoms. The smallest absolute Gasteiger partial charge is 0.196 e. The predicted octanol–water partition coefficient (Wildman–Crippen LogP) is 3.99. The Labute approximate surface area is 105 Å². The fraction of sp³-hybridized carbons (Fsp3) is 0.0769. The lowest BCUT2D eigenvalue weighted by molar-refractivity contribution is 0.448. The van der Waals surface area contributed by atoms with Crippen molar-refractivity contribution in [3.05, 3.63) is 65.0 Å². The Hall–Kier alpha value is -2.11. The summed E-state index contributed by atoms with van der Waals surface area (Å²) in [7, 11) is 0. The van der Waals surface area contributed by atoms with E-state index in [4.69, 9.17) is 0 Å². The first-order valence-electron chi connectivity index (χ1n) is 5.31. The van der Waals surface area contributed by atoms with E-state index in [1.165, 1.54) is 12.1 Å². The number of hydrogen-bond donors (Lipinski definition) is 1. The Bertz CT molecular complexity index is 612. The minimum atomic E-state index is -1.62. The molecule has 0 aromatic heterocycles. The van der Waals surface area contributed by atoms with Gasteiger partial charge in [0, 0.05) is 12.1 Å². The Kier molecular flexibility index (Phi) is 3.69. The van der Waals surface area contributed by atoms with Gasteiger partial charge in [0.2, 0.25) is 0 Å². The van der Waals surface area contributed by atoms with Gasteiger partial charge in [0.05, 0.1) is 5.69 Å². The van der Waals surface area contributed by atoms with Crippen molar-refractivity contribution in [2.45, 2.75) is 6.54 Å². The zero-order valence-electron chi connectivity index (χ0n) is 9.48. The molecule has 0 saturated carbocycles. The summed E-state index contributed by atoms with van der Waals surface area (Å²) in [6, 6.07) is 5.24. The number of benzene rings is 2. The van der Waals surface area contributed by atoms with Crippen molar-refractivity contribution in [3.63, 3.8) is 0 Å². The Morgan fingerprint density at radius 3 is 2.16 bits per heavy atom. The molecule has 0 bridgehead atoms. The van der Waals surface area contributed by atoms with Crippen LogP contribution >= 0.6 is 0 Å². The minimum Gasteiger partial charge on any atom is -0.378 e. The third-order valence-electron chi connectivity index (χ3n) is 2.54. The van der Waals surface area contributed by atoms with Gasteiger partial charge in [0.1, 0.15) is 0 Å². The van der Waals surface area contributed by atoms with Crippen molar-refractivity contribution in [1.82, 2.24) is 0 Å². The summed E-state index contributed by atoms with van der Waals surface area (Å²) < 4.78 is 65.1. The standard InChI is InChI=1S/C13H8F5N/c14-8-3-1-2-7(11(8)16)6-19-10-5-4-9(15)12(17)13(10)18/h1-5,19H,6H2. The second kappa shape index (κ2) is 5.26. The monoisotopic (exact) mass is 273 g/mol. The number of halogens is 5. The van der Waals surface area contributed by atoms with E-state index in [1.807, 2.05) is 0 Å². The van der Waals surface area contributed by atoms with Gasteiger partial charge in [0.25, 0.3) is 0 Å². The molecule has 0 fully saturated rings. The van der Waals surface area contributed by atoms with Crippen molar-refractivity contribution < 1.29 is 22.0 Å². The number of nitrogens with one attached hydrogen (secondary N) is 1. The highest BCUT2D eigenvalue weighted by Gasteiger charge is 2.14. The Balaban J connectivity index is 2.20. The second-order valence-electron chi connectivity index (χ2n) is 3.79. The lowest BCUT2D eigenvalue weighted by Gasteiger charge is -2.09. The van der Waals surface area contributed by atoms with E-state index >= 15 is 0 Å². The van der Waals surface area contributed by atoms with E-state index < -0.39 is 29.1 Å². The van der Waals surface area contributed by atoms with Crippen LogP contribution in [0.1, 0.15) is 5.56 Å². The van der Waals surface area contributed by atoms with Gasteiger partial charge in [-0.05, 0) is 18.2 Å². The summed E-state index contributed by atoms with van der Waals surface area (Å²) in [5.74, 6) is -6.45. The van der Waals surface area contributed by atoms with E-state index in [0.29, 0.717) is 0 Å². The third kappa shape index (κ3) is 2.67. The SMILES string of the molecule is Fc1cccc(CNc2ccc(F)c(F)c2F)c1F. The van der Waals surface area contributed by atoms with Crippen LogP contribution in [0.25, 0.3) is 0 Å². The van der Waals surface area contributed by atoms with Crippen molar-refractivity contribution in [1.29, 1.82) is 0 Å².